The van der Waals surface area contributed by atoms with Gasteiger partial charge in [-0.05, 0) is 18.2 Å². The van der Waals surface area contributed by atoms with Crippen LogP contribution in [0.3, 0.4) is 0 Å². The average Bonchev–Trinajstić information content (AvgIpc) is 2.80. The number of rotatable bonds is 5. The van der Waals surface area contributed by atoms with Crippen molar-refractivity contribution in [2.45, 2.75) is 26.4 Å². The molecule has 0 unspecified atom stereocenters. The van der Waals surface area contributed by atoms with Crippen molar-refractivity contribution < 1.29 is 13.2 Å². The highest BCUT2D eigenvalue weighted by atomic mass is 19.1. The molecule has 1 aromatic heterocycles. The Balaban J connectivity index is 1.88. The number of aryl methyl sites for hydroxylation is 1. The molecule has 0 fully saturated rings. The fourth-order valence-electron chi connectivity index (χ4n) is 1.69. The molecule has 18 heavy (non-hydrogen) atoms. The number of hydrogen-bond acceptors (Lipinski definition) is 2. The van der Waals surface area contributed by atoms with Gasteiger partial charge in [0.15, 0.2) is 0 Å². The van der Waals surface area contributed by atoms with Gasteiger partial charge in [0, 0.05) is 24.6 Å². The van der Waals surface area contributed by atoms with Gasteiger partial charge in [0.1, 0.15) is 23.2 Å². The lowest BCUT2D eigenvalue weighted by Crippen LogP contribution is -2.13. The summed E-state index contributed by atoms with van der Waals surface area (Å²) >= 11 is 0. The number of furan rings is 1. The first-order chi connectivity index (χ1) is 8.69. The van der Waals surface area contributed by atoms with E-state index in [1.54, 1.807) is 0 Å². The van der Waals surface area contributed by atoms with Gasteiger partial charge in [-0.25, -0.2) is 8.78 Å². The van der Waals surface area contributed by atoms with Crippen LogP contribution in [0.25, 0.3) is 0 Å². The second-order valence-electron chi connectivity index (χ2n) is 4.06. The van der Waals surface area contributed by atoms with E-state index in [1.807, 2.05) is 19.1 Å². The van der Waals surface area contributed by atoms with Crippen LogP contribution in [0.2, 0.25) is 0 Å². The van der Waals surface area contributed by atoms with Crippen molar-refractivity contribution in [3.8, 4) is 0 Å². The third kappa shape index (κ3) is 3.17. The maximum Gasteiger partial charge on any atom is 0.130 e. The molecule has 0 atom stereocenters. The van der Waals surface area contributed by atoms with Gasteiger partial charge >= 0.3 is 0 Å². The number of nitrogens with one attached hydrogen (secondary N) is 1. The Morgan fingerprint density at radius 1 is 1.06 bits per heavy atom. The normalized spacial score (nSPS) is 10.8. The quantitative estimate of drug-likeness (QED) is 0.881. The van der Waals surface area contributed by atoms with E-state index in [4.69, 9.17) is 4.42 Å². The van der Waals surface area contributed by atoms with Crippen LogP contribution >= 0.6 is 0 Å². The van der Waals surface area contributed by atoms with Gasteiger partial charge in [-0.2, -0.15) is 0 Å². The molecule has 96 valence electrons. The van der Waals surface area contributed by atoms with Crippen LogP contribution < -0.4 is 5.32 Å². The third-order valence-electron chi connectivity index (χ3n) is 2.70. The van der Waals surface area contributed by atoms with E-state index in [1.165, 1.54) is 12.1 Å². The zero-order chi connectivity index (χ0) is 13.0. The van der Waals surface area contributed by atoms with E-state index >= 15 is 0 Å². The molecule has 1 aromatic carbocycles. The van der Waals surface area contributed by atoms with Gasteiger partial charge < -0.3 is 9.73 Å². The Morgan fingerprint density at radius 2 is 1.83 bits per heavy atom. The molecule has 0 aliphatic heterocycles. The summed E-state index contributed by atoms with van der Waals surface area (Å²) in [6.07, 6.45) is 0.854. The summed E-state index contributed by atoms with van der Waals surface area (Å²) in [7, 11) is 0. The molecular weight excluding hydrogens is 236 g/mol. The molecular formula is C14H15F2NO. The predicted octanol–water partition coefficient (Wildman–Crippen LogP) is 3.41. The molecule has 0 bridgehead atoms. The molecule has 2 nitrogen and oxygen atoms in total. The summed E-state index contributed by atoms with van der Waals surface area (Å²) in [5, 5.41) is 3.06. The summed E-state index contributed by atoms with van der Waals surface area (Å²) < 4.78 is 31.5. The summed E-state index contributed by atoms with van der Waals surface area (Å²) in [6.45, 7) is 2.88. The van der Waals surface area contributed by atoms with E-state index in [2.05, 4.69) is 5.32 Å². The van der Waals surface area contributed by atoms with Crippen LogP contribution in [0.5, 0.6) is 0 Å². The Hall–Kier alpha value is -1.68. The Morgan fingerprint density at radius 3 is 2.50 bits per heavy atom. The summed E-state index contributed by atoms with van der Waals surface area (Å²) in [5.74, 6) is 0.653. The van der Waals surface area contributed by atoms with Crippen molar-refractivity contribution >= 4 is 0 Å². The summed E-state index contributed by atoms with van der Waals surface area (Å²) in [4.78, 5) is 0. The van der Waals surface area contributed by atoms with Crippen LogP contribution in [0, 0.1) is 11.6 Å². The van der Waals surface area contributed by atoms with Crippen molar-refractivity contribution in [1.82, 2.24) is 5.32 Å². The van der Waals surface area contributed by atoms with Gasteiger partial charge in [0.25, 0.3) is 0 Å². The van der Waals surface area contributed by atoms with Gasteiger partial charge in [-0.3, -0.25) is 0 Å². The maximum absolute atomic E-state index is 13.3. The second kappa shape index (κ2) is 5.78. The second-order valence-corrected chi connectivity index (χ2v) is 4.06. The lowest BCUT2D eigenvalue weighted by molar-refractivity contribution is 0.448. The molecule has 0 amide bonds. The lowest BCUT2D eigenvalue weighted by Gasteiger charge is -2.04. The molecule has 0 saturated carbocycles. The molecule has 1 N–H and O–H groups in total. The molecule has 1 heterocycles. The van der Waals surface area contributed by atoms with Crippen LogP contribution in [0.1, 0.15) is 24.0 Å². The van der Waals surface area contributed by atoms with Gasteiger partial charge in [-0.15, -0.1) is 0 Å². The van der Waals surface area contributed by atoms with Gasteiger partial charge in [-0.1, -0.05) is 13.0 Å². The maximum atomic E-state index is 13.3. The van der Waals surface area contributed by atoms with Crippen molar-refractivity contribution in [3.63, 3.8) is 0 Å². The number of halogens is 2. The smallest absolute Gasteiger partial charge is 0.130 e. The predicted molar refractivity (Wildman–Crippen MR) is 65.0 cm³/mol. The Labute approximate surface area is 105 Å². The SMILES string of the molecule is CCc1ccc(CNCc2ccc(F)cc2F)o1. The van der Waals surface area contributed by atoms with Gasteiger partial charge in [0.2, 0.25) is 0 Å². The topological polar surface area (TPSA) is 25.2 Å². The molecule has 2 rings (SSSR count). The molecule has 0 saturated heterocycles. The first-order valence-corrected chi connectivity index (χ1v) is 5.91. The minimum atomic E-state index is -0.560. The first kappa shape index (κ1) is 12.8. The standard InChI is InChI=1S/C14H15F2NO/c1-2-12-5-6-13(18-12)9-17-8-10-3-4-11(15)7-14(10)16/h3-7,17H,2,8-9H2,1H3. The largest absolute Gasteiger partial charge is 0.465 e. The fraction of sp³-hybridized carbons (Fsp3) is 0.286. The molecule has 0 aliphatic rings. The zero-order valence-corrected chi connectivity index (χ0v) is 10.2. The third-order valence-corrected chi connectivity index (χ3v) is 2.70. The molecule has 2 aromatic rings. The molecule has 0 radical (unpaired) electrons. The van der Waals surface area contributed by atoms with E-state index < -0.39 is 11.6 Å². The fourth-order valence-corrected chi connectivity index (χ4v) is 1.69. The average molecular weight is 251 g/mol. The minimum Gasteiger partial charge on any atom is -0.465 e. The number of hydrogen-bond donors (Lipinski definition) is 1. The first-order valence-electron chi connectivity index (χ1n) is 5.91. The van der Waals surface area contributed by atoms with Crippen molar-refractivity contribution in [1.29, 1.82) is 0 Å². The van der Waals surface area contributed by atoms with Crippen LogP contribution in [0.4, 0.5) is 8.78 Å². The van der Waals surface area contributed by atoms with E-state index in [0.29, 0.717) is 18.7 Å². The highest BCUT2D eigenvalue weighted by molar-refractivity contribution is 5.18. The summed E-state index contributed by atoms with van der Waals surface area (Å²) in [6, 6.07) is 7.40. The molecule has 4 heteroatoms. The number of benzene rings is 1. The van der Waals surface area contributed by atoms with Crippen LogP contribution in [0.15, 0.2) is 34.7 Å². The molecule has 0 spiro atoms. The van der Waals surface area contributed by atoms with Crippen molar-refractivity contribution in [3.05, 3.63) is 59.1 Å². The van der Waals surface area contributed by atoms with E-state index in [9.17, 15) is 8.78 Å². The molecule has 0 aliphatic carbocycles. The van der Waals surface area contributed by atoms with Crippen LogP contribution in [-0.4, -0.2) is 0 Å². The van der Waals surface area contributed by atoms with E-state index in [-0.39, 0.29) is 0 Å². The summed E-state index contributed by atoms with van der Waals surface area (Å²) in [5.41, 5.74) is 0.443. The Kier molecular flexibility index (Phi) is 4.10. The highest BCUT2D eigenvalue weighted by Crippen LogP contribution is 2.11. The van der Waals surface area contributed by atoms with E-state index in [0.717, 1.165) is 24.0 Å². The Bertz CT molecular complexity index is 522. The lowest BCUT2D eigenvalue weighted by atomic mass is 10.2. The highest BCUT2D eigenvalue weighted by Gasteiger charge is 2.04. The van der Waals surface area contributed by atoms with Gasteiger partial charge in [0.05, 0.1) is 6.54 Å². The van der Waals surface area contributed by atoms with Crippen molar-refractivity contribution in [2.75, 3.05) is 0 Å². The zero-order valence-electron chi connectivity index (χ0n) is 10.2. The van der Waals surface area contributed by atoms with Crippen molar-refractivity contribution in [2.24, 2.45) is 0 Å². The minimum absolute atomic E-state index is 0.342. The monoisotopic (exact) mass is 251 g/mol. The van der Waals surface area contributed by atoms with Crippen LogP contribution in [-0.2, 0) is 19.5 Å².